The van der Waals surface area contributed by atoms with Crippen LogP contribution >= 0.6 is 0 Å². The molecule has 4 rings (SSSR count). The SMILES string of the molecule is COC(=O)c1ccc([C@@H]2CN(C)C(C)CN2Cc2c(OC)cc(C)c3c2ccn3C(=O)OC(C)(C)C)cc1. The summed E-state index contributed by atoms with van der Waals surface area (Å²) in [5, 5.41) is 0.971. The average Bonchev–Trinajstić information content (AvgIpc) is 3.32. The van der Waals surface area contributed by atoms with Gasteiger partial charge in [0.15, 0.2) is 0 Å². The van der Waals surface area contributed by atoms with Crippen molar-refractivity contribution in [3.63, 3.8) is 0 Å². The first-order valence-electron chi connectivity index (χ1n) is 13.0. The number of aromatic nitrogens is 1. The standard InChI is InChI=1S/C30H39N3O5/c1-19-15-26(36-7)24(23-13-14-33(27(19)23)29(35)38-30(3,4)5)17-32-16-20(2)31(6)18-25(32)21-9-11-22(12-10-21)28(34)37-8/h9-15,20,25H,16-18H2,1-8H3/t20?,25-/m0/s1. The number of fused-ring (bicyclic) bond motifs is 1. The van der Waals surface area contributed by atoms with Crippen LogP contribution in [0.15, 0.2) is 42.6 Å². The van der Waals surface area contributed by atoms with Crippen molar-refractivity contribution in [2.24, 2.45) is 0 Å². The van der Waals surface area contributed by atoms with Crippen LogP contribution in [-0.4, -0.2) is 72.4 Å². The van der Waals surface area contributed by atoms with Crippen LogP contribution in [0, 0.1) is 6.92 Å². The summed E-state index contributed by atoms with van der Waals surface area (Å²) in [6.07, 6.45) is 1.38. The van der Waals surface area contributed by atoms with Gasteiger partial charge < -0.3 is 19.1 Å². The molecule has 1 saturated heterocycles. The van der Waals surface area contributed by atoms with Crippen molar-refractivity contribution in [3.05, 3.63) is 64.8 Å². The maximum absolute atomic E-state index is 13.0. The third-order valence-corrected chi connectivity index (χ3v) is 7.27. The van der Waals surface area contributed by atoms with Gasteiger partial charge in [0.25, 0.3) is 0 Å². The molecule has 8 nitrogen and oxygen atoms in total. The van der Waals surface area contributed by atoms with Crippen molar-refractivity contribution < 1.29 is 23.8 Å². The minimum atomic E-state index is -0.594. The van der Waals surface area contributed by atoms with Crippen LogP contribution < -0.4 is 4.74 Å². The molecule has 0 spiro atoms. The predicted molar refractivity (Wildman–Crippen MR) is 148 cm³/mol. The summed E-state index contributed by atoms with van der Waals surface area (Å²) in [6.45, 7) is 12.1. The first kappa shape index (κ1) is 27.7. The Morgan fingerprint density at radius 1 is 1.05 bits per heavy atom. The summed E-state index contributed by atoms with van der Waals surface area (Å²) in [4.78, 5) is 29.8. The normalized spacial score (nSPS) is 18.9. The quantitative estimate of drug-likeness (QED) is 0.416. The number of nitrogens with zero attached hydrogens (tertiary/aromatic N) is 3. The van der Waals surface area contributed by atoms with E-state index in [9.17, 15) is 9.59 Å². The molecule has 1 unspecified atom stereocenters. The van der Waals surface area contributed by atoms with Gasteiger partial charge in [0.05, 0.1) is 25.3 Å². The molecule has 0 amide bonds. The second-order valence-corrected chi connectivity index (χ2v) is 11.2. The van der Waals surface area contributed by atoms with E-state index in [1.54, 1.807) is 17.9 Å². The van der Waals surface area contributed by atoms with Gasteiger partial charge in [-0.25, -0.2) is 9.59 Å². The van der Waals surface area contributed by atoms with Gasteiger partial charge in [-0.05, 0) is 77.1 Å². The van der Waals surface area contributed by atoms with Crippen LogP contribution in [-0.2, 0) is 16.0 Å². The molecule has 0 saturated carbocycles. The van der Waals surface area contributed by atoms with Gasteiger partial charge >= 0.3 is 12.1 Å². The molecule has 0 bridgehead atoms. The van der Waals surface area contributed by atoms with E-state index in [0.29, 0.717) is 18.2 Å². The fourth-order valence-corrected chi connectivity index (χ4v) is 5.20. The summed E-state index contributed by atoms with van der Waals surface area (Å²) in [5.41, 5.74) is 3.87. The van der Waals surface area contributed by atoms with E-state index in [0.717, 1.165) is 46.4 Å². The molecule has 1 fully saturated rings. The lowest BCUT2D eigenvalue weighted by Gasteiger charge is -2.44. The zero-order valence-corrected chi connectivity index (χ0v) is 23.7. The van der Waals surface area contributed by atoms with Crippen molar-refractivity contribution in [2.45, 2.75) is 58.8 Å². The topological polar surface area (TPSA) is 73.2 Å². The molecule has 0 aliphatic carbocycles. The first-order chi connectivity index (χ1) is 17.9. The number of methoxy groups -OCH3 is 2. The summed E-state index contributed by atoms with van der Waals surface area (Å²) in [6, 6.07) is 12.1. The summed E-state index contributed by atoms with van der Waals surface area (Å²) in [7, 11) is 5.22. The number of likely N-dealkylation sites (N-methyl/N-ethyl adjacent to an activating group) is 1. The molecule has 1 aromatic heterocycles. The number of rotatable bonds is 5. The lowest BCUT2D eigenvalue weighted by atomic mass is 9.97. The highest BCUT2D eigenvalue weighted by Crippen LogP contribution is 2.37. The molecule has 1 aliphatic heterocycles. The molecule has 204 valence electrons. The van der Waals surface area contributed by atoms with E-state index in [2.05, 4.69) is 23.8 Å². The summed E-state index contributed by atoms with van der Waals surface area (Å²) >= 11 is 0. The predicted octanol–water partition coefficient (Wildman–Crippen LogP) is 5.41. The van der Waals surface area contributed by atoms with Crippen molar-refractivity contribution in [1.29, 1.82) is 0 Å². The highest BCUT2D eigenvalue weighted by molar-refractivity contribution is 5.95. The van der Waals surface area contributed by atoms with Gasteiger partial charge in [-0.15, -0.1) is 0 Å². The lowest BCUT2D eigenvalue weighted by molar-refractivity contribution is 0.0451. The molecule has 0 radical (unpaired) electrons. The third kappa shape index (κ3) is 5.56. The molecule has 2 aromatic carbocycles. The second-order valence-electron chi connectivity index (χ2n) is 11.2. The van der Waals surface area contributed by atoms with E-state index in [-0.39, 0.29) is 12.0 Å². The van der Waals surface area contributed by atoms with Crippen LogP contribution in [0.25, 0.3) is 10.9 Å². The first-order valence-corrected chi connectivity index (χ1v) is 13.0. The number of aryl methyl sites for hydroxylation is 1. The second kappa shape index (κ2) is 10.8. The van der Waals surface area contributed by atoms with E-state index in [1.807, 2.05) is 64.1 Å². The average molecular weight is 522 g/mol. The zero-order chi connectivity index (χ0) is 27.8. The molecule has 1 aliphatic rings. The van der Waals surface area contributed by atoms with Crippen LogP contribution in [0.2, 0.25) is 0 Å². The maximum Gasteiger partial charge on any atom is 0.419 e. The number of benzene rings is 2. The Bertz CT molecular complexity index is 1320. The highest BCUT2D eigenvalue weighted by Gasteiger charge is 2.32. The van der Waals surface area contributed by atoms with E-state index in [1.165, 1.54) is 7.11 Å². The summed E-state index contributed by atoms with van der Waals surface area (Å²) < 4.78 is 18.0. The van der Waals surface area contributed by atoms with Crippen molar-refractivity contribution >= 4 is 23.0 Å². The van der Waals surface area contributed by atoms with Gasteiger partial charge in [0.2, 0.25) is 0 Å². The number of esters is 1. The molecule has 38 heavy (non-hydrogen) atoms. The fraction of sp³-hybridized carbons (Fsp3) is 0.467. The van der Waals surface area contributed by atoms with E-state index < -0.39 is 11.7 Å². The maximum atomic E-state index is 13.0. The van der Waals surface area contributed by atoms with Gasteiger partial charge in [-0.2, -0.15) is 0 Å². The fourth-order valence-electron chi connectivity index (χ4n) is 5.20. The Kier molecular flexibility index (Phi) is 7.85. The van der Waals surface area contributed by atoms with Gasteiger partial charge in [-0.3, -0.25) is 9.47 Å². The Balaban J connectivity index is 1.74. The Labute approximate surface area is 225 Å². The molecule has 2 heterocycles. The number of hydrogen-bond acceptors (Lipinski definition) is 7. The Hall–Kier alpha value is -3.36. The minimum absolute atomic E-state index is 0.108. The number of carbonyl (C=O) groups excluding carboxylic acids is 2. The van der Waals surface area contributed by atoms with Crippen molar-refractivity contribution in [2.75, 3.05) is 34.4 Å². The van der Waals surface area contributed by atoms with Gasteiger partial charge in [0.1, 0.15) is 11.4 Å². The van der Waals surface area contributed by atoms with Crippen LogP contribution in [0.1, 0.15) is 60.8 Å². The molecular weight excluding hydrogens is 482 g/mol. The number of hydrogen-bond donors (Lipinski definition) is 0. The van der Waals surface area contributed by atoms with Crippen LogP contribution in [0.4, 0.5) is 4.79 Å². The number of carbonyl (C=O) groups is 2. The third-order valence-electron chi connectivity index (χ3n) is 7.27. The molecule has 2 atom stereocenters. The molecule has 8 heteroatoms. The highest BCUT2D eigenvalue weighted by atomic mass is 16.6. The Morgan fingerprint density at radius 2 is 1.74 bits per heavy atom. The minimum Gasteiger partial charge on any atom is -0.496 e. The number of ether oxygens (including phenoxy) is 3. The molecule has 3 aromatic rings. The van der Waals surface area contributed by atoms with Gasteiger partial charge in [0, 0.05) is 48.9 Å². The smallest absolute Gasteiger partial charge is 0.419 e. The Morgan fingerprint density at radius 3 is 2.34 bits per heavy atom. The van der Waals surface area contributed by atoms with E-state index >= 15 is 0 Å². The summed E-state index contributed by atoms with van der Waals surface area (Å²) in [5.74, 6) is 0.451. The zero-order valence-electron chi connectivity index (χ0n) is 23.7. The molecule has 0 N–H and O–H groups in total. The lowest BCUT2D eigenvalue weighted by Crippen LogP contribution is -2.51. The largest absolute Gasteiger partial charge is 0.496 e. The van der Waals surface area contributed by atoms with Crippen LogP contribution in [0.3, 0.4) is 0 Å². The van der Waals surface area contributed by atoms with Crippen molar-refractivity contribution in [3.8, 4) is 5.75 Å². The van der Waals surface area contributed by atoms with Gasteiger partial charge in [-0.1, -0.05) is 12.1 Å². The molecular formula is C30H39N3O5. The monoisotopic (exact) mass is 521 g/mol. The number of piperazine rings is 1. The van der Waals surface area contributed by atoms with E-state index in [4.69, 9.17) is 14.2 Å². The van der Waals surface area contributed by atoms with Crippen molar-refractivity contribution in [1.82, 2.24) is 14.4 Å². The van der Waals surface area contributed by atoms with Crippen LogP contribution in [0.5, 0.6) is 5.75 Å².